The molecule has 0 aliphatic rings. The summed E-state index contributed by atoms with van der Waals surface area (Å²) in [4.78, 5) is 1.99. The van der Waals surface area contributed by atoms with Crippen LogP contribution in [0.4, 0.5) is 10.1 Å². The van der Waals surface area contributed by atoms with E-state index < -0.39 is 0 Å². The summed E-state index contributed by atoms with van der Waals surface area (Å²) in [7, 11) is 1.93. The van der Waals surface area contributed by atoms with Gasteiger partial charge >= 0.3 is 0 Å². The Labute approximate surface area is 118 Å². The third kappa shape index (κ3) is 4.06. The second-order valence-corrected chi connectivity index (χ2v) is 5.15. The fourth-order valence-corrected chi connectivity index (χ4v) is 1.84. The topological polar surface area (TPSA) is 41.3 Å². The van der Waals surface area contributed by atoms with E-state index in [1.165, 1.54) is 12.1 Å². The van der Waals surface area contributed by atoms with E-state index in [0.29, 0.717) is 19.1 Å². The van der Waals surface area contributed by atoms with Crippen molar-refractivity contribution in [3.05, 3.63) is 47.6 Å². The largest absolute Gasteiger partial charge is 0.367 e. The number of aromatic nitrogens is 1. The van der Waals surface area contributed by atoms with Gasteiger partial charge in [0.05, 0.1) is 12.2 Å². The molecule has 0 bridgehead atoms. The van der Waals surface area contributed by atoms with Crippen molar-refractivity contribution in [1.82, 2.24) is 10.5 Å². The van der Waals surface area contributed by atoms with Gasteiger partial charge in [0.1, 0.15) is 5.82 Å². The molecule has 0 saturated carbocycles. The first-order chi connectivity index (χ1) is 9.54. The molecular formula is C15H20FN3O. The van der Waals surface area contributed by atoms with Crippen LogP contribution in [-0.2, 0) is 13.1 Å². The maximum absolute atomic E-state index is 12.9. The van der Waals surface area contributed by atoms with Crippen LogP contribution in [0.15, 0.2) is 34.9 Å². The molecule has 2 rings (SSSR count). The van der Waals surface area contributed by atoms with Crippen LogP contribution < -0.4 is 10.2 Å². The molecular weight excluding hydrogens is 257 g/mol. The molecule has 0 spiro atoms. The molecule has 0 radical (unpaired) electrons. The molecule has 0 atom stereocenters. The van der Waals surface area contributed by atoms with Gasteiger partial charge in [0.2, 0.25) is 0 Å². The monoisotopic (exact) mass is 277 g/mol. The Morgan fingerprint density at radius 2 is 2.00 bits per heavy atom. The van der Waals surface area contributed by atoms with Crippen LogP contribution in [0.25, 0.3) is 0 Å². The molecule has 0 amide bonds. The molecule has 2 aromatic rings. The zero-order chi connectivity index (χ0) is 14.5. The number of hydrogen-bond acceptors (Lipinski definition) is 4. The summed E-state index contributed by atoms with van der Waals surface area (Å²) in [6, 6.07) is 8.74. The van der Waals surface area contributed by atoms with Crippen molar-refractivity contribution in [1.29, 1.82) is 0 Å². The highest BCUT2D eigenvalue weighted by molar-refractivity contribution is 5.45. The van der Waals surface area contributed by atoms with E-state index in [4.69, 9.17) is 4.52 Å². The normalized spacial score (nSPS) is 11.1. The lowest BCUT2D eigenvalue weighted by Crippen LogP contribution is -2.21. The Hall–Kier alpha value is -1.88. The molecule has 0 fully saturated rings. The quantitative estimate of drug-likeness (QED) is 0.881. The van der Waals surface area contributed by atoms with Crippen molar-refractivity contribution >= 4 is 5.69 Å². The lowest BCUT2D eigenvalue weighted by Gasteiger charge is -2.17. The van der Waals surface area contributed by atoms with E-state index >= 15 is 0 Å². The summed E-state index contributed by atoms with van der Waals surface area (Å²) in [6.07, 6.45) is 0. The molecule has 4 nitrogen and oxygen atoms in total. The molecule has 0 aliphatic heterocycles. The average Bonchev–Trinajstić information content (AvgIpc) is 2.84. The van der Waals surface area contributed by atoms with Gasteiger partial charge in [-0.15, -0.1) is 0 Å². The Morgan fingerprint density at radius 3 is 2.65 bits per heavy atom. The maximum atomic E-state index is 12.9. The van der Waals surface area contributed by atoms with Crippen LogP contribution >= 0.6 is 0 Å². The van der Waals surface area contributed by atoms with Gasteiger partial charge < -0.3 is 14.7 Å². The van der Waals surface area contributed by atoms with E-state index in [1.807, 2.05) is 18.0 Å². The second kappa shape index (κ2) is 6.52. The Balaban J connectivity index is 1.94. The van der Waals surface area contributed by atoms with Crippen LogP contribution in [0.3, 0.4) is 0 Å². The zero-order valence-corrected chi connectivity index (χ0v) is 12.1. The standard InChI is InChI=1S/C15H20FN3O/c1-11(2)17-9-13-8-15(20-18-13)10-19(3)14-6-4-12(16)5-7-14/h4-8,11,17H,9-10H2,1-3H3. The van der Waals surface area contributed by atoms with Gasteiger partial charge in [-0.25, -0.2) is 4.39 Å². The molecule has 1 aromatic heterocycles. The third-order valence-corrected chi connectivity index (χ3v) is 2.96. The smallest absolute Gasteiger partial charge is 0.156 e. The minimum Gasteiger partial charge on any atom is -0.367 e. The zero-order valence-electron chi connectivity index (χ0n) is 12.1. The molecule has 5 heteroatoms. The number of nitrogens with one attached hydrogen (secondary N) is 1. The minimum absolute atomic E-state index is 0.233. The summed E-state index contributed by atoms with van der Waals surface area (Å²) in [5, 5.41) is 7.31. The fraction of sp³-hybridized carbons (Fsp3) is 0.400. The van der Waals surface area contributed by atoms with Gasteiger partial charge in [0, 0.05) is 31.4 Å². The Kier molecular flexibility index (Phi) is 4.74. The van der Waals surface area contributed by atoms with E-state index in [0.717, 1.165) is 17.1 Å². The average molecular weight is 277 g/mol. The van der Waals surface area contributed by atoms with E-state index in [9.17, 15) is 4.39 Å². The Morgan fingerprint density at radius 1 is 1.30 bits per heavy atom. The van der Waals surface area contributed by atoms with Crippen LogP contribution in [0.1, 0.15) is 25.3 Å². The van der Waals surface area contributed by atoms with E-state index in [1.54, 1.807) is 12.1 Å². The highest BCUT2D eigenvalue weighted by Crippen LogP contribution is 2.16. The summed E-state index contributed by atoms with van der Waals surface area (Å²) in [6.45, 7) is 5.47. The van der Waals surface area contributed by atoms with Crippen molar-refractivity contribution in [2.45, 2.75) is 33.0 Å². The SMILES string of the molecule is CC(C)NCc1cc(CN(C)c2ccc(F)cc2)on1. The number of halogens is 1. The molecule has 0 unspecified atom stereocenters. The van der Waals surface area contributed by atoms with Crippen LogP contribution in [0.2, 0.25) is 0 Å². The predicted molar refractivity (Wildman–Crippen MR) is 77.0 cm³/mol. The minimum atomic E-state index is -0.233. The van der Waals surface area contributed by atoms with Crippen LogP contribution in [-0.4, -0.2) is 18.2 Å². The molecule has 0 saturated heterocycles. The van der Waals surface area contributed by atoms with E-state index in [-0.39, 0.29) is 5.82 Å². The highest BCUT2D eigenvalue weighted by atomic mass is 19.1. The molecule has 0 aliphatic carbocycles. The van der Waals surface area contributed by atoms with Crippen molar-refractivity contribution in [2.75, 3.05) is 11.9 Å². The summed E-state index contributed by atoms with van der Waals surface area (Å²) in [5.41, 5.74) is 1.82. The first-order valence-electron chi connectivity index (χ1n) is 6.69. The first kappa shape index (κ1) is 14.5. The van der Waals surface area contributed by atoms with Crippen molar-refractivity contribution in [2.24, 2.45) is 0 Å². The van der Waals surface area contributed by atoms with Gasteiger partial charge in [0.15, 0.2) is 5.76 Å². The van der Waals surface area contributed by atoms with E-state index in [2.05, 4.69) is 24.3 Å². The number of benzene rings is 1. The molecule has 20 heavy (non-hydrogen) atoms. The maximum Gasteiger partial charge on any atom is 0.156 e. The van der Waals surface area contributed by atoms with Gasteiger partial charge in [-0.3, -0.25) is 0 Å². The van der Waals surface area contributed by atoms with Crippen LogP contribution in [0.5, 0.6) is 0 Å². The summed E-state index contributed by atoms with van der Waals surface area (Å²) < 4.78 is 18.2. The fourth-order valence-electron chi connectivity index (χ4n) is 1.84. The Bertz CT molecular complexity index is 536. The van der Waals surface area contributed by atoms with Gasteiger partial charge in [-0.05, 0) is 24.3 Å². The first-order valence-corrected chi connectivity index (χ1v) is 6.69. The molecule has 108 valence electrons. The number of anilines is 1. The lowest BCUT2D eigenvalue weighted by atomic mass is 10.2. The van der Waals surface area contributed by atoms with Gasteiger partial charge in [-0.2, -0.15) is 0 Å². The second-order valence-electron chi connectivity index (χ2n) is 5.15. The number of nitrogens with zero attached hydrogens (tertiary/aromatic N) is 2. The van der Waals surface area contributed by atoms with Crippen LogP contribution in [0, 0.1) is 5.82 Å². The lowest BCUT2D eigenvalue weighted by molar-refractivity contribution is 0.374. The van der Waals surface area contributed by atoms with Crippen molar-refractivity contribution in [3.8, 4) is 0 Å². The summed E-state index contributed by atoms with van der Waals surface area (Å²) in [5.74, 6) is 0.557. The van der Waals surface area contributed by atoms with Crippen molar-refractivity contribution < 1.29 is 8.91 Å². The predicted octanol–water partition coefficient (Wildman–Crippen LogP) is 2.95. The molecule has 1 N–H and O–H groups in total. The van der Waals surface area contributed by atoms with Crippen molar-refractivity contribution in [3.63, 3.8) is 0 Å². The summed E-state index contributed by atoms with van der Waals surface area (Å²) >= 11 is 0. The number of rotatable bonds is 6. The van der Waals surface area contributed by atoms with Gasteiger partial charge in [0.25, 0.3) is 0 Å². The molecule has 1 heterocycles. The number of hydrogen-bond donors (Lipinski definition) is 1. The molecule has 1 aromatic carbocycles. The van der Waals surface area contributed by atoms with Gasteiger partial charge in [-0.1, -0.05) is 19.0 Å². The highest BCUT2D eigenvalue weighted by Gasteiger charge is 2.08. The third-order valence-electron chi connectivity index (χ3n) is 2.96.